The van der Waals surface area contributed by atoms with Crippen LogP contribution in [0, 0.1) is 0 Å². The van der Waals surface area contributed by atoms with Gasteiger partial charge in [-0.15, -0.1) is 0 Å². The second-order valence-electron chi connectivity index (χ2n) is 5.11. The van der Waals surface area contributed by atoms with E-state index in [4.69, 9.17) is 0 Å². The van der Waals surface area contributed by atoms with Crippen molar-refractivity contribution in [3.63, 3.8) is 0 Å². The van der Waals surface area contributed by atoms with Crippen LogP contribution in [0.3, 0.4) is 0 Å². The Hall–Kier alpha value is -2.49. The molecule has 0 saturated carbocycles. The number of hydrogen-bond acceptors (Lipinski definition) is 2. The molecule has 0 radical (unpaired) electrons. The van der Waals surface area contributed by atoms with Gasteiger partial charge in [-0.25, -0.2) is 4.57 Å². The maximum absolute atomic E-state index is 12.2. The van der Waals surface area contributed by atoms with E-state index >= 15 is 0 Å². The molecule has 0 spiro atoms. The Labute approximate surface area is 123 Å². The highest BCUT2D eigenvalue weighted by Crippen LogP contribution is 2.21. The van der Waals surface area contributed by atoms with Crippen molar-refractivity contribution in [2.24, 2.45) is 0 Å². The SMILES string of the molecule is CCc1cc[n+](CCN2C(=O)c3ccccc3C2=O)cc1. The van der Waals surface area contributed by atoms with E-state index in [1.54, 1.807) is 24.3 Å². The van der Waals surface area contributed by atoms with Crippen LogP contribution in [0.15, 0.2) is 48.8 Å². The highest BCUT2D eigenvalue weighted by atomic mass is 16.2. The molecule has 0 saturated heterocycles. The number of imide groups is 1. The smallest absolute Gasteiger partial charge is 0.261 e. The van der Waals surface area contributed by atoms with Crippen molar-refractivity contribution in [1.82, 2.24) is 4.90 Å². The fourth-order valence-corrected chi connectivity index (χ4v) is 2.53. The number of nitrogens with zero attached hydrogens (tertiary/aromatic N) is 2. The Morgan fingerprint density at radius 2 is 1.52 bits per heavy atom. The van der Waals surface area contributed by atoms with Gasteiger partial charge in [0.15, 0.2) is 18.9 Å². The zero-order chi connectivity index (χ0) is 14.8. The summed E-state index contributed by atoms with van der Waals surface area (Å²) in [4.78, 5) is 25.8. The number of aromatic nitrogens is 1. The summed E-state index contributed by atoms with van der Waals surface area (Å²) < 4.78 is 1.99. The molecule has 106 valence electrons. The molecule has 3 rings (SSSR count). The number of carbonyl (C=O) groups excluding carboxylic acids is 2. The van der Waals surface area contributed by atoms with Crippen LogP contribution in [0.25, 0.3) is 0 Å². The number of aryl methyl sites for hydroxylation is 1. The predicted octanol–water partition coefficient (Wildman–Crippen LogP) is 1.83. The summed E-state index contributed by atoms with van der Waals surface area (Å²) in [6, 6.07) is 11.1. The average molecular weight is 281 g/mol. The van der Waals surface area contributed by atoms with Crippen molar-refractivity contribution in [3.8, 4) is 0 Å². The number of carbonyl (C=O) groups is 2. The van der Waals surface area contributed by atoms with E-state index in [1.165, 1.54) is 10.5 Å². The highest BCUT2D eigenvalue weighted by molar-refractivity contribution is 6.21. The molecule has 2 heterocycles. The molecule has 1 aliphatic rings. The summed E-state index contributed by atoms with van der Waals surface area (Å²) in [6.45, 7) is 3.11. The minimum atomic E-state index is -0.193. The van der Waals surface area contributed by atoms with Crippen molar-refractivity contribution in [3.05, 3.63) is 65.5 Å². The lowest BCUT2D eigenvalue weighted by molar-refractivity contribution is -0.696. The van der Waals surface area contributed by atoms with E-state index in [9.17, 15) is 9.59 Å². The fourth-order valence-electron chi connectivity index (χ4n) is 2.53. The van der Waals surface area contributed by atoms with Gasteiger partial charge in [0.1, 0.15) is 0 Å². The van der Waals surface area contributed by atoms with Crippen LogP contribution in [0.4, 0.5) is 0 Å². The summed E-state index contributed by atoms with van der Waals surface area (Å²) in [7, 11) is 0. The second-order valence-corrected chi connectivity index (χ2v) is 5.11. The van der Waals surface area contributed by atoms with Crippen LogP contribution in [-0.2, 0) is 13.0 Å². The minimum Gasteiger partial charge on any atom is -0.269 e. The number of pyridine rings is 1. The van der Waals surface area contributed by atoms with Crippen molar-refractivity contribution in [1.29, 1.82) is 0 Å². The third-order valence-corrected chi connectivity index (χ3v) is 3.83. The highest BCUT2D eigenvalue weighted by Gasteiger charge is 2.35. The van der Waals surface area contributed by atoms with Gasteiger partial charge in [0.25, 0.3) is 11.8 Å². The van der Waals surface area contributed by atoms with E-state index in [1.807, 2.05) is 17.0 Å². The largest absolute Gasteiger partial charge is 0.269 e. The van der Waals surface area contributed by atoms with Crippen LogP contribution in [0.1, 0.15) is 33.2 Å². The molecule has 4 heteroatoms. The number of hydrogen-bond donors (Lipinski definition) is 0. The number of amides is 2. The van der Waals surface area contributed by atoms with E-state index in [0.29, 0.717) is 24.2 Å². The number of benzene rings is 1. The molecular weight excluding hydrogens is 264 g/mol. The van der Waals surface area contributed by atoms with E-state index < -0.39 is 0 Å². The molecule has 21 heavy (non-hydrogen) atoms. The third-order valence-electron chi connectivity index (χ3n) is 3.83. The first kappa shape index (κ1) is 13.5. The van der Waals surface area contributed by atoms with Gasteiger partial charge < -0.3 is 0 Å². The number of fused-ring (bicyclic) bond motifs is 1. The van der Waals surface area contributed by atoms with E-state index in [0.717, 1.165) is 6.42 Å². The van der Waals surface area contributed by atoms with Crippen LogP contribution >= 0.6 is 0 Å². The Kier molecular flexibility index (Phi) is 3.52. The van der Waals surface area contributed by atoms with E-state index in [2.05, 4.69) is 19.1 Å². The normalized spacial score (nSPS) is 13.7. The van der Waals surface area contributed by atoms with Crippen LogP contribution in [-0.4, -0.2) is 23.3 Å². The molecule has 1 aromatic carbocycles. The lowest BCUT2D eigenvalue weighted by Gasteiger charge is -2.11. The van der Waals surface area contributed by atoms with Gasteiger partial charge in [-0.05, 0) is 24.1 Å². The first-order chi connectivity index (χ1) is 10.2. The molecule has 1 aliphatic heterocycles. The molecule has 0 N–H and O–H groups in total. The summed E-state index contributed by atoms with van der Waals surface area (Å²) >= 11 is 0. The third kappa shape index (κ3) is 2.44. The zero-order valence-electron chi connectivity index (χ0n) is 12.0. The second kappa shape index (κ2) is 5.48. The molecular formula is C17H17N2O2+. The molecule has 2 amide bonds. The fraction of sp³-hybridized carbons (Fsp3) is 0.235. The lowest BCUT2D eigenvalue weighted by Crippen LogP contribution is -2.42. The maximum atomic E-state index is 12.2. The summed E-state index contributed by atoms with van der Waals surface area (Å²) in [5.74, 6) is -0.386. The average Bonchev–Trinajstić information content (AvgIpc) is 2.78. The van der Waals surface area contributed by atoms with Gasteiger partial charge >= 0.3 is 0 Å². The minimum absolute atomic E-state index is 0.193. The number of rotatable bonds is 4. The molecule has 4 nitrogen and oxygen atoms in total. The zero-order valence-corrected chi connectivity index (χ0v) is 12.0. The first-order valence-electron chi connectivity index (χ1n) is 7.14. The lowest BCUT2D eigenvalue weighted by atomic mass is 10.1. The predicted molar refractivity (Wildman–Crippen MR) is 77.8 cm³/mol. The quantitative estimate of drug-likeness (QED) is 0.634. The topological polar surface area (TPSA) is 41.3 Å². The Morgan fingerprint density at radius 1 is 0.952 bits per heavy atom. The van der Waals surface area contributed by atoms with E-state index in [-0.39, 0.29) is 11.8 Å². The van der Waals surface area contributed by atoms with Crippen molar-refractivity contribution >= 4 is 11.8 Å². The van der Waals surface area contributed by atoms with Gasteiger partial charge in [0.2, 0.25) is 0 Å². The molecule has 0 fully saturated rings. The first-order valence-corrected chi connectivity index (χ1v) is 7.14. The summed E-state index contributed by atoms with van der Waals surface area (Å²) in [6.07, 6.45) is 4.97. The summed E-state index contributed by atoms with van der Waals surface area (Å²) in [5, 5.41) is 0. The molecule has 2 aromatic rings. The molecule has 0 atom stereocenters. The van der Waals surface area contributed by atoms with Gasteiger partial charge in [0.05, 0.1) is 17.7 Å². The molecule has 0 bridgehead atoms. The Balaban J connectivity index is 1.72. The van der Waals surface area contributed by atoms with Crippen LogP contribution in [0.5, 0.6) is 0 Å². The van der Waals surface area contributed by atoms with Gasteiger partial charge in [0, 0.05) is 12.1 Å². The van der Waals surface area contributed by atoms with Crippen molar-refractivity contribution < 1.29 is 14.2 Å². The molecule has 0 aliphatic carbocycles. The summed E-state index contributed by atoms with van der Waals surface area (Å²) in [5.41, 5.74) is 2.29. The molecule has 0 unspecified atom stereocenters. The monoisotopic (exact) mass is 281 g/mol. The van der Waals surface area contributed by atoms with Crippen molar-refractivity contribution in [2.75, 3.05) is 6.54 Å². The van der Waals surface area contributed by atoms with Gasteiger partial charge in [-0.3, -0.25) is 14.5 Å². The molecule has 1 aromatic heterocycles. The standard InChI is InChI=1S/C17H17N2O2/c1-2-13-7-9-18(10-8-13)11-12-19-16(20)14-5-3-4-6-15(14)17(19)21/h3-10H,2,11-12H2,1H3/q+1. The van der Waals surface area contributed by atoms with Gasteiger partial charge in [-0.1, -0.05) is 19.1 Å². The maximum Gasteiger partial charge on any atom is 0.261 e. The van der Waals surface area contributed by atoms with Crippen LogP contribution in [0.2, 0.25) is 0 Å². The van der Waals surface area contributed by atoms with Crippen molar-refractivity contribution in [2.45, 2.75) is 19.9 Å². The van der Waals surface area contributed by atoms with Crippen LogP contribution < -0.4 is 4.57 Å². The Morgan fingerprint density at radius 3 is 2.05 bits per heavy atom. The Bertz CT molecular complexity index is 657. The van der Waals surface area contributed by atoms with Gasteiger partial charge in [-0.2, -0.15) is 0 Å².